The van der Waals surface area contributed by atoms with Gasteiger partial charge < -0.3 is 14.8 Å². The van der Waals surface area contributed by atoms with Gasteiger partial charge in [-0.05, 0) is 47.0 Å². The van der Waals surface area contributed by atoms with Crippen LogP contribution in [0.3, 0.4) is 0 Å². The van der Waals surface area contributed by atoms with Crippen molar-refractivity contribution in [3.8, 4) is 11.5 Å². The van der Waals surface area contributed by atoms with Gasteiger partial charge >= 0.3 is 6.03 Å². The van der Waals surface area contributed by atoms with E-state index in [2.05, 4.69) is 21.2 Å². The van der Waals surface area contributed by atoms with Crippen molar-refractivity contribution in [3.63, 3.8) is 0 Å². The van der Waals surface area contributed by atoms with Gasteiger partial charge in [0.1, 0.15) is 12.3 Å². The topological polar surface area (TPSA) is 111 Å². The second-order valence-electron chi connectivity index (χ2n) is 7.60. The number of halogens is 1. The van der Waals surface area contributed by atoms with Gasteiger partial charge in [-0.1, -0.05) is 46.3 Å². The molecule has 0 spiro atoms. The SMILES string of the molecule is COc1cc(/C=C2/NC(=O)N(Cc3ccccc3)C2=O)c(Br)cc1OCc1ccc([N+](=O)[O-])cc1. The fourth-order valence-corrected chi connectivity index (χ4v) is 3.88. The molecule has 0 bridgehead atoms. The number of imide groups is 1. The summed E-state index contributed by atoms with van der Waals surface area (Å²) in [5.74, 6) is 0.426. The minimum absolute atomic E-state index is 0.00218. The van der Waals surface area contributed by atoms with Gasteiger partial charge in [0.2, 0.25) is 0 Å². The molecular weight excluding hydrogens is 518 g/mol. The normalized spacial score (nSPS) is 14.2. The zero-order valence-electron chi connectivity index (χ0n) is 18.6. The zero-order chi connectivity index (χ0) is 24.9. The molecule has 1 aliphatic rings. The minimum atomic E-state index is -0.490. The monoisotopic (exact) mass is 537 g/mol. The van der Waals surface area contributed by atoms with Crippen molar-refractivity contribution in [2.45, 2.75) is 13.2 Å². The van der Waals surface area contributed by atoms with E-state index in [-0.39, 0.29) is 24.5 Å². The first-order valence-corrected chi connectivity index (χ1v) is 11.3. The van der Waals surface area contributed by atoms with Crippen LogP contribution in [0.15, 0.2) is 76.9 Å². The number of hydrogen-bond acceptors (Lipinski definition) is 6. The minimum Gasteiger partial charge on any atom is -0.493 e. The number of carbonyl (C=O) groups is 2. The largest absolute Gasteiger partial charge is 0.493 e. The number of nitro benzene ring substituents is 1. The average Bonchev–Trinajstić information content (AvgIpc) is 3.12. The van der Waals surface area contributed by atoms with Gasteiger partial charge in [0.15, 0.2) is 11.5 Å². The van der Waals surface area contributed by atoms with E-state index in [4.69, 9.17) is 9.47 Å². The molecule has 0 aromatic heterocycles. The molecule has 0 saturated carbocycles. The van der Waals surface area contributed by atoms with Gasteiger partial charge in [-0.2, -0.15) is 0 Å². The van der Waals surface area contributed by atoms with E-state index in [1.165, 1.54) is 19.2 Å². The van der Waals surface area contributed by atoms with Crippen LogP contribution in [-0.2, 0) is 17.9 Å². The van der Waals surface area contributed by atoms with E-state index in [1.54, 1.807) is 30.3 Å². The molecule has 3 amide bonds. The van der Waals surface area contributed by atoms with Crippen LogP contribution in [0, 0.1) is 10.1 Å². The first kappa shape index (κ1) is 24.0. The molecule has 3 aromatic rings. The molecule has 0 aliphatic carbocycles. The summed E-state index contributed by atoms with van der Waals surface area (Å²) >= 11 is 3.48. The number of methoxy groups -OCH3 is 1. The summed E-state index contributed by atoms with van der Waals surface area (Å²) in [6.07, 6.45) is 1.57. The number of benzene rings is 3. The number of nitro groups is 1. The summed E-state index contributed by atoms with van der Waals surface area (Å²) in [5, 5.41) is 13.4. The Kier molecular flexibility index (Phi) is 7.11. The molecule has 0 radical (unpaired) electrons. The Morgan fingerprint density at radius 2 is 1.74 bits per heavy atom. The number of urea groups is 1. The van der Waals surface area contributed by atoms with Crippen LogP contribution in [0.4, 0.5) is 10.5 Å². The predicted molar refractivity (Wildman–Crippen MR) is 132 cm³/mol. The van der Waals surface area contributed by atoms with E-state index in [1.807, 2.05) is 30.3 Å². The number of ether oxygens (including phenoxy) is 2. The Morgan fingerprint density at radius 1 is 1.03 bits per heavy atom. The van der Waals surface area contributed by atoms with E-state index in [9.17, 15) is 19.7 Å². The Bertz CT molecular complexity index is 1310. The van der Waals surface area contributed by atoms with Crippen molar-refractivity contribution in [3.05, 3.63) is 104 Å². The first-order valence-electron chi connectivity index (χ1n) is 10.5. The Hall–Kier alpha value is -4.18. The highest BCUT2D eigenvalue weighted by Gasteiger charge is 2.33. The second kappa shape index (κ2) is 10.4. The molecule has 9 nitrogen and oxygen atoms in total. The van der Waals surface area contributed by atoms with Crippen molar-refractivity contribution >= 4 is 39.6 Å². The van der Waals surface area contributed by atoms with Crippen molar-refractivity contribution in [1.29, 1.82) is 0 Å². The summed E-state index contributed by atoms with van der Waals surface area (Å²) in [6, 6.07) is 18.2. The Balaban J connectivity index is 1.51. The van der Waals surface area contributed by atoms with Crippen LogP contribution < -0.4 is 14.8 Å². The van der Waals surface area contributed by atoms with Crippen molar-refractivity contribution in [2.24, 2.45) is 0 Å². The van der Waals surface area contributed by atoms with Gasteiger partial charge in [-0.15, -0.1) is 0 Å². The van der Waals surface area contributed by atoms with E-state index >= 15 is 0 Å². The molecule has 0 atom stereocenters. The van der Waals surface area contributed by atoms with Crippen molar-refractivity contribution < 1.29 is 24.0 Å². The molecule has 1 N–H and O–H groups in total. The molecular formula is C25H20BrN3O6. The lowest BCUT2D eigenvalue weighted by Crippen LogP contribution is -2.30. The third-order valence-corrected chi connectivity index (χ3v) is 5.96. The molecule has 1 heterocycles. The number of carbonyl (C=O) groups excluding carboxylic acids is 2. The molecule has 178 valence electrons. The highest BCUT2D eigenvalue weighted by molar-refractivity contribution is 9.10. The lowest BCUT2D eigenvalue weighted by Gasteiger charge is -2.13. The van der Waals surface area contributed by atoms with Crippen LogP contribution in [0.2, 0.25) is 0 Å². The molecule has 1 saturated heterocycles. The molecule has 1 fully saturated rings. The maximum absolute atomic E-state index is 12.8. The van der Waals surface area contributed by atoms with E-state index in [0.29, 0.717) is 21.5 Å². The molecule has 1 aliphatic heterocycles. The number of amides is 3. The Morgan fingerprint density at radius 3 is 2.40 bits per heavy atom. The van der Waals surface area contributed by atoms with Gasteiger partial charge in [-0.25, -0.2) is 4.79 Å². The summed E-state index contributed by atoms with van der Waals surface area (Å²) in [7, 11) is 1.49. The maximum Gasteiger partial charge on any atom is 0.329 e. The predicted octanol–water partition coefficient (Wildman–Crippen LogP) is 5.04. The summed E-state index contributed by atoms with van der Waals surface area (Å²) in [4.78, 5) is 36.7. The van der Waals surface area contributed by atoms with Crippen LogP contribution in [0.1, 0.15) is 16.7 Å². The molecule has 10 heteroatoms. The lowest BCUT2D eigenvalue weighted by molar-refractivity contribution is -0.384. The number of hydrogen-bond donors (Lipinski definition) is 1. The Labute approximate surface area is 209 Å². The van der Waals surface area contributed by atoms with E-state index in [0.717, 1.165) is 16.0 Å². The van der Waals surface area contributed by atoms with Crippen molar-refractivity contribution in [1.82, 2.24) is 10.2 Å². The molecule has 35 heavy (non-hydrogen) atoms. The van der Waals surface area contributed by atoms with Gasteiger partial charge in [0, 0.05) is 16.6 Å². The van der Waals surface area contributed by atoms with Crippen molar-refractivity contribution in [2.75, 3.05) is 7.11 Å². The fourth-order valence-electron chi connectivity index (χ4n) is 3.45. The van der Waals surface area contributed by atoms with Crippen LogP contribution in [-0.4, -0.2) is 28.9 Å². The number of non-ortho nitro benzene ring substituents is 1. The highest BCUT2D eigenvalue weighted by Crippen LogP contribution is 2.35. The second-order valence-corrected chi connectivity index (χ2v) is 8.46. The van der Waals surface area contributed by atoms with Gasteiger partial charge in [0.05, 0.1) is 18.6 Å². The number of nitrogens with one attached hydrogen (secondary N) is 1. The van der Waals surface area contributed by atoms with Crippen LogP contribution in [0.5, 0.6) is 11.5 Å². The van der Waals surface area contributed by atoms with Crippen LogP contribution >= 0.6 is 15.9 Å². The lowest BCUT2D eigenvalue weighted by atomic mass is 10.1. The van der Waals surface area contributed by atoms with E-state index < -0.39 is 16.9 Å². The third-order valence-electron chi connectivity index (χ3n) is 5.27. The quantitative estimate of drug-likeness (QED) is 0.186. The smallest absolute Gasteiger partial charge is 0.329 e. The van der Waals surface area contributed by atoms with Gasteiger partial charge in [-0.3, -0.25) is 19.8 Å². The van der Waals surface area contributed by atoms with Gasteiger partial charge in [0.25, 0.3) is 11.6 Å². The van der Waals surface area contributed by atoms with Crippen LogP contribution in [0.25, 0.3) is 6.08 Å². The first-order chi connectivity index (χ1) is 16.9. The number of nitrogens with zero attached hydrogens (tertiary/aromatic N) is 2. The average molecular weight is 538 g/mol. The number of rotatable bonds is 8. The third kappa shape index (κ3) is 5.49. The molecule has 4 rings (SSSR count). The summed E-state index contributed by atoms with van der Waals surface area (Å²) < 4.78 is 11.9. The zero-order valence-corrected chi connectivity index (χ0v) is 20.2. The standard InChI is InChI=1S/C25H20BrN3O6/c1-34-22-12-18(11-21-24(30)28(25(31)27-21)14-16-5-3-2-4-6-16)20(26)13-23(22)35-15-17-7-9-19(10-8-17)29(32)33/h2-13H,14-15H2,1H3,(H,27,31)/b21-11+. The molecule has 0 unspecified atom stereocenters. The molecule has 3 aromatic carbocycles. The summed E-state index contributed by atoms with van der Waals surface area (Å²) in [5.41, 5.74) is 2.35. The maximum atomic E-state index is 12.8. The fraction of sp³-hybridized carbons (Fsp3) is 0.120. The highest BCUT2D eigenvalue weighted by atomic mass is 79.9. The summed E-state index contributed by atoms with van der Waals surface area (Å²) in [6.45, 7) is 0.340.